The highest BCUT2D eigenvalue weighted by Crippen LogP contribution is 2.36. The van der Waals surface area contributed by atoms with Crippen LogP contribution in [0.15, 0.2) is 49.8 Å². The van der Waals surface area contributed by atoms with E-state index in [1.54, 1.807) is 11.3 Å². The molecule has 0 saturated carbocycles. The Morgan fingerprint density at radius 1 is 0.962 bits per heavy atom. The number of thiophene rings is 1. The molecule has 5 rings (SSSR count). The van der Waals surface area contributed by atoms with Gasteiger partial charge in [-0.25, -0.2) is 0 Å². The van der Waals surface area contributed by atoms with Crippen LogP contribution in [0.5, 0.6) is 11.5 Å². The van der Waals surface area contributed by atoms with Gasteiger partial charge in [0.25, 0.3) is 11.1 Å². The maximum atomic E-state index is 5.69. The van der Waals surface area contributed by atoms with Crippen molar-refractivity contribution in [2.24, 2.45) is 0 Å². The molecule has 130 valence electrons. The molecule has 10 heteroatoms. The van der Waals surface area contributed by atoms with Gasteiger partial charge in [-0.05, 0) is 29.6 Å². The summed E-state index contributed by atoms with van der Waals surface area (Å²) in [6, 6.07) is 9.36. The predicted octanol–water partition coefficient (Wildman–Crippen LogP) is 3.87. The molecule has 0 N–H and O–H groups in total. The first kappa shape index (κ1) is 15.4. The minimum absolute atomic E-state index is 0.224. The Morgan fingerprint density at radius 2 is 1.88 bits per heavy atom. The van der Waals surface area contributed by atoms with Crippen molar-refractivity contribution in [3.05, 3.63) is 41.6 Å². The number of hydrogen-bond acceptors (Lipinski definition) is 10. The van der Waals surface area contributed by atoms with Crippen LogP contribution in [0.2, 0.25) is 0 Å². The predicted molar refractivity (Wildman–Crippen MR) is 93.0 cm³/mol. The van der Waals surface area contributed by atoms with Crippen LogP contribution >= 0.6 is 23.1 Å². The highest BCUT2D eigenvalue weighted by Gasteiger charge is 2.17. The summed E-state index contributed by atoms with van der Waals surface area (Å²) in [5, 5.41) is 18.6. The highest BCUT2D eigenvalue weighted by atomic mass is 32.2. The Hall–Kier alpha value is -2.85. The molecule has 0 aliphatic carbocycles. The quantitative estimate of drug-likeness (QED) is 0.473. The number of aromatic nitrogens is 4. The van der Waals surface area contributed by atoms with Crippen molar-refractivity contribution in [1.29, 1.82) is 0 Å². The van der Waals surface area contributed by atoms with Crippen LogP contribution in [0.3, 0.4) is 0 Å². The fourth-order valence-corrected chi connectivity index (χ4v) is 3.59. The lowest BCUT2D eigenvalue weighted by Crippen LogP contribution is -1.92. The zero-order valence-corrected chi connectivity index (χ0v) is 14.7. The first-order valence-corrected chi connectivity index (χ1v) is 9.44. The first-order valence-electron chi connectivity index (χ1n) is 7.58. The summed E-state index contributed by atoms with van der Waals surface area (Å²) in [6.45, 7) is 0.224. The molecule has 3 aromatic heterocycles. The maximum absolute atomic E-state index is 5.69. The van der Waals surface area contributed by atoms with Crippen molar-refractivity contribution in [2.75, 3.05) is 6.79 Å². The van der Waals surface area contributed by atoms with E-state index >= 15 is 0 Å². The summed E-state index contributed by atoms with van der Waals surface area (Å²) in [7, 11) is 0. The second kappa shape index (κ2) is 6.46. The molecule has 0 saturated heterocycles. The van der Waals surface area contributed by atoms with Gasteiger partial charge in [0, 0.05) is 5.56 Å². The van der Waals surface area contributed by atoms with Crippen LogP contribution in [0.1, 0.15) is 5.89 Å². The standard InChI is InChI=1S/C16H10N4O4S2/c1-2-12(25-5-1)15-19-17-13(23-15)7-26-16-20-18-14(24-16)9-3-4-10-11(6-9)22-8-21-10/h1-6H,7-8H2. The third-order valence-corrected chi connectivity index (χ3v) is 5.20. The summed E-state index contributed by atoms with van der Waals surface area (Å²) >= 11 is 2.89. The molecule has 0 bridgehead atoms. The Balaban J connectivity index is 1.27. The van der Waals surface area contributed by atoms with Crippen LogP contribution < -0.4 is 9.47 Å². The SMILES string of the molecule is c1csc(-c2nnc(CSc3nnc(-c4ccc5c(c4)OCO5)o3)o2)c1. The zero-order chi connectivity index (χ0) is 17.3. The molecular weight excluding hydrogens is 376 g/mol. The molecule has 26 heavy (non-hydrogen) atoms. The van der Waals surface area contributed by atoms with Gasteiger partial charge in [-0.1, -0.05) is 17.8 Å². The van der Waals surface area contributed by atoms with E-state index in [0.717, 1.165) is 10.4 Å². The molecule has 8 nitrogen and oxygen atoms in total. The van der Waals surface area contributed by atoms with Gasteiger partial charge in [-0.15, -0.1) is 31.7 Å². The van der Waals surface area contributed by atoms with Gasteiger partial charge in [0.05, 0.1) is 10.6 Å². The fourth-order valence-electron chi connectivity index (χ4n) is 2.35. The average Bonchev–Trinajstić information content (AvgIpc) is 3.47. The van der Waals surface area contributed by atoms with Gasteiger partial charge in [0.15, 0.2) is 11.5 Å². The number of rotatable bonds is 5. The highest BCUT2D eigenvalue weighted by molar-refractivity contribution is 7.98. The third kappa shape index (κ3) is 2.93. The molecule has 1 aliphatic rings. The van der Waals surface area contributed by atoms with Crippen molar-refractivity contribution < 1.29 is 18.3 Å². The lowest BCUT2D eigenvalue weighted by Gasteiger charge is -1.97. The van der Waals surface area contributed by atoms with Gasteiger partial charge in [0.2, 0.25) is 18.6 Å². The number of nitrogens with zero attached hydrogens (tertiary/aromatic N) is 4. The normalized spacial score (nSPS) is 12.6. The fraction of sp³-hybridized carbons (Fsp3) is 0.125. The molecule has 0 unspecified atom stereocenters. The van der Waals surface area contributed by atoms with E-state index in [1.807, 2.05) is 35.7 Å². The van der Waals surface area contributed by atoms with Crippen LogP contribution in [-0.4, -0.2) is 27.2 Å². The van der Waals surface area contributed by atoms with Crippen molar-refractivity contribution in [3.8, 4) is 33.7 Å². The largest absolute Gasteiger partial charge is 0.454 e. The molecule has 0 fully saturated rings. The summed E-state index contributed by atoms with van der Waals surface area (Å²) in [4.78, 5) is 0.941. The van der Waals surface area contributed by atoms with E-state index in [1.165, 1.54) is 11.8 Å². The van der Waals surface area contributed by atoms with Crippen molar-refractivity contribution in [1.82, 2.24) is 20.4 Å². The minimum atomic E-state index is 0.224. The summed E-state index contributed by atoms with van der Waals surface area (Å²) in [6.07, 6.45) is 0. The second-order valence-corrected chi connectivity index (χ2v) is 7.08. The van der Waals surface area contributed by atoms with Crippen molar-refractivity contribution in [3.63, 3.8) is 0 Å². The smallest absolute Gasteiger partial charge is 0.277 e. The molecule has 0 atom stereocenters. The molecule has 1 aliphatic heterocycles. The zero-order valence-electron chi connectivity index (χ0n) is 13.1. The van der Waals surface area contributed by atoms with E-state index in [4.69, 9.17) is 18.3 Å². The monoisotopic (exact) mass is 386 g/mol. The third-order valence-electron chi connectivity index (χ3n) is 3.54. The molecule has 4 aromatic rings. The molecule has 1 aromatic carbocycles. The van der Waals surface area contributed by atoms with Crippen LogP contribution in [0.4, 0.5) is 0 Å². The van der Waals surface area contributed by atoms with E-state index in [2.05, 4.69) is 20.4 Å². The molecule has 0 spiro atoms. The van der Waals surface area contributed by atoms with Crippen LogP contribution in [0, 0.1) is 0 Å². The Bertz CT molecular complexity index is 1040. The minimum Gasteiger partial charge on any atom is -0.454 e. The summed E-state index contributed by atoms with van der Waals surface area (Å²) in [5.74, 6) is 3.25. The number of thioether (sulfide) groups is 1. The first-order chi connectivity index (χ1) is 12.8. The lowest BCUT2D eigenvalue weighted by atomic mass is 10.2. The second-order valence-electron chi connectivity index (χ2n) is 5.21. The number of fused-ring (bicyclic) bond motifs is 1. The summed E-state index contributed by atoms with van der Waals surface area (Å²) in [5.41, 5.74) is 0.770. The molecule has 4 heterocycles. The Labute approximate surface area is 155 Å². The molecule has 0 amide bonds. The topological polar surface area (TPSA) is 96.3 Å². The molecular formula is C16H10N4O4S2. The van der Waals surface area contributed by atoms with Gasteiger partial charge < -0.3 is 18.3 Å². The van der Waals surface area contributed by atoms with E-state index in [-0.39, 0.29) is 6.79 Å². The number of hydrogen-bond donors (Lipinski definition) is 0. The van der Waals surface area contributed by atoms with Crippen molar-refractivity contribution >= 4 is 23.1 Å². The van der Waals surface area contributed by atoms with Crippen LogP contribution in [0.25, 0.3) is 22.2 Å². The van der Waals surface area contributed by atoms with Crippen LogP contribution in [-0.2, 0) is 5.75 Å². The Morgan fingerprint density at radius 3 is 2.81 bits per heavy atom. The van der Waals surface area contributed by atoms with E-state index < -0.39 is 0 Å². The van der Waals surface area contributed by atoms with Crippen molar-refractivity contribution in [2.45, 2.75) is 11.0 Å². The number of benzene rings is 1. The van der Waals surface area contributed by atoms with E-state index in [0.29, 0.717) is 40.1 Å². The van der Waals surface area contributed by atoms with E-state index in [9.17, 15) is 0 Å². The molecule has 0 radical (unpaired) electrons. The van der Waals surface area contributed by atoms with Gasteiger partial charge >= 0.3 is 0 Å². The summed E-state index contributed by atoms with van der Waals surface area (Å²) < 4.78 is 22.0. The number of ether oxygens (including phenoxy) is 2. The average molecular weight is 386 g/mol. The van der Waals surface area contributed by atoms with Gasteiger partial charge in [0.1, 0.15) is 0 Å². The van der Waals surface area contributed by atoms with Gasteiger partial charge in [-0.3, -0.25) is 0 Å². The lowest BCUT2D eigenvalue weighted by molar-refractivity contribution is 0.174. The Kier molecular flexibility index (Phi) is 3.83. The van der Waals surface area contributed by atoms with Gasteiger partial charge in [-0.2, -0.15) is 0 Å². The maximum Gasteiger partial charge on any atom is 0.277 e.